The summed E-state index contributed by atoms with van der Waals surface area (Å²) in [5, 5.41) is 2.76. The van der Waals surface area contributed by atoms with Crippen LogP contribution in [0.2, 0.25) is 0 Å². The van der Waals surface area contributed by atoms with Gasteiger partial charge < -0.3 is 10.2 Å². The normalized spacial score (nSPS) is 17.9. The molecule has 1 rings (SSSR count). The lowest BCUT2D eigenvalue weighted by Crippen LogP contribution is -2.53. The van der Waals surface area contributed by atoms with E-state index in [4.69, 9.17) is 0 Å². The second-order valence-electron chi connectivity index (χ2n) is 4.46. The third kappa shape index (κ3) is 5.57. The smallest absolute Gasteiger partial charge is 0.338 e. The lowest BCUT2D eigenvalue weighted by molar-refractivity contribution is -0.148. The van der Waals surface area contributed by atoms with Gasteiger partial charge in [-0.05, 0) is 6.42 Å². The number of hydrogen-bond acceptors (Lipinski definition) is 2. The minimum absolute atomic E-state index is 0.171. The van der Waals surface area contributed by atoms with E-state index in [2.05, 4.69) is 5.32 Å². The highest BCUT2D eigenvalue weighted by Gasteiger charge is 2.32. The van der Waals surface area contributed by atoms with Crippen molar-refractivity contribution in [1.82, 2.24) is 15.1 Å². The van der Waals surface area contributed by atoms with Crippen LogP contribution in [0.5, 0.6) is 0 Å². The zero-order chi connectivity index (χ0) is 13.6. The third-order valence-electron chi connectivity index (χ3n) is 2.87. The SMILES string of the molecule is CCCCNC(=O)N1CCN(CC(F)(F)F)CC1. The van der Waals surface area contributed by atoms with Crippen molar-refractivity contribution in [3.63, 3.8) is 0 Å². The second-order valence-corrected chi connectivity index (χ2v) is 4.46. The molecule has 106 valence electrons. The molecule has 1 N–H and O–H groups in total. The molecule has 7 heteroatoms. The fraction of sp³-hybridized carbons (Fsp3) is 0.909. The van der Waals surface area contributed by atoms with E-state index in [1.165, 1.54) is 4.90 Å². The fourth-order valence-corrected chi connectivity index (χ4v) is 1.85. The summed E-state index contributed by atoms with van der Waals surface area (Å²) in [6, 6.07) is -0.171. The number of halogens is 3. The summed E-state index contributed by atoms with van der Waals surface area (Å²) in [5.74, 6) is 0. The van der Waals surface area contributed by atoms with Crippen LogP contribution in [0.4, 0.5) is 18.0 Å². The molecule has 0 aliphatic carbocycles. The quantitative estimate of drug-likeness (QED) is 0.787. The summed E-state index contributed by atoms with van der Waals surface area (Å²) in [6.07, 6.45) is -2.25. The number of carbonyl (C=O) groups excluding carboxylic acids is 1. The average molecular weight is 267 g/mol. The van der Waals surface area contributed by atoms with Crippen molar-refractivity contribution in [2.45, 2.75) is 25.9 Å². The Bertz CT molecular complexity index is 263. The van der Waals surface area contributed by atoms with E-state index in [-0.39, 0.29) is 19.1 Å². The van der Waals surface area contributed by atoms with Gasteiger partial charge in [-0.25, -0.2) is 4.79 Å². The van der Waals surface area contributed by atoms with Crippen LogP contribution in [-0.4, -0.2) is 61.3 Å². The van der Waals surface area contributed by atoms with E-state index in [1.807, 2.05) is 6.92 Å². The minimum Gasteiger partial charge on any atom is -0.338 e. The number of rotatable bonds is 4. The lowest BCUT2D eigenvalue weighted by atomic mass is 10.3. The fourth-order valence-electron chi connectivity index (χ4n) is 1.85. The molecule has 18 heavy (non-hydrogen) atoms. The van der Waals surface area contributed by atoms with E-state index >= 15 is 0 Å². The van der Waals surface area contributed by atoms with Crippen molar-refractivity contribution in [3.8, 4) is 0 Å². The van der Waals surface area contributed by atoms with Crippen molar-refractivity contribution in [1.29, 1.82) is 0 Å². The van der Waals surface area contributed by atoms with Crippen LogP contribution in [0.3, 0.4) is 0 Å². The molecule has 0 aromatic rings. The Morgan fingerprint density at radius 1 is 1.22 bits per heavy atom. The number of nitrogens with zero attached hydrogens (tertiary/aromatic N) is 2. The van der Waals surface area contributed by atoms with E-state index in [0.717, 1.165) is 12.8 Å². The molecule has 0 bridgehead atoms. The third-order valence-corrected chi connectivity index (χ3v) is 2.87. The molecular weight excluding hydrogens is 247 g/mol. The van der Waals surface area contributed by atoms with Gasteiger partial charge in [0, 0.05) is 32.7 Å². The molecule has 0 aromatic heterocycles. The molecule has 0 atom stereocenters. The van der Waals surface area contributed by atoms with Crippen molar-refractivity contribution < 1.29 is 18.0 Å². The molecule has 0 spiro atoms. The van der Waals surface area contributed by atoms with Crippen molar-refractivity contribution in [3.05, 3.63) is 0 Å². The number of nitrogens with one attached hydrogen (secondary N) is 1. The Hall–Kier alpha value is -0.980. The highest BCUT2D eigenvalue weighted by atomic mass is 19.4. The molecule has 1 heterocycles. The summed E-state index contributed by atoms with van der Waals surface area (Å²) in [5.41, 5.74) is 0. The first kappa shape index (κ1) is 15.1. The maximum Gasteiger partial charge on any atom is 0.401 e. The molecule has 1 aliphatic rings. The molecule has 4 nitrogen and oxygen atoms in total. The molecular formula is C11H20F3N3O. The number of carbonyl (C=O) groups is 1. The van der Waals surface area contributed by atoms with Gasteiger partial charge in [0.1, 0.15) is 0 Å². The standard InChI is InChI=1S/C11H20F3N3O/c1-2-3-4-15-10(18)17-7-5-16(6-8-17)9-11(12,13)14/h2-9H2,1H3,(H,15,18). The van der Waals surface area contributed by atoms with Gasteiger partial charge >= 0.3 is 12.2 Å². The van der Waals surface area contributed by atoms with Gasteiger partial charge in [0.25, 0.3) is 0 Å². The highest BCUT2D eigenvalue weighted by molar-refractivity contribution is 5.74. The topological polar surface area (TPSA) is 35.6 Å². The number of amides is 2. The number of alkyl halides is 3. The Morgan fingerprint density at radius 3 is 2.33 bits per heavy atom. The Morgan fingerprint density at radius 2 is 1.83 bits per heavy atom. The van der Waals surface area contributed by atoms with E-state index in [1.54, 1.807) is 4.90 Å². The van der Waals surface area contributed by atoms with Gasteiger partial charge in [-0.2, -0.15) is 13.2 Å². The molecule has 0 radical (unpaired) electrons. The first-order chi connectivity index (χ1) is 8.42. The molecule has 1 saturated heterocycles. The molecule has 1 fully saturated rings. The van der Waals surface area contributed by atoms with Gasteiger partial charge in [0.05, 0.1) is 6.54 Å². The first-order valence-electron chi connectivity index (χ1n) is 6.24. The van der Waals surface area contributed by atoms with E-state index in [0.29, 0.717) is 19.6 Å². The van der Waals surface area contributed by atoms with Crippen LogP contribution in [0.15, 0.2) is 0 Å². The van der Waals surface area contributed by atoms with Crippen LogP contribution < -0.4 is 5.32 Å². The van der Waals surface area contributed by atoms with E-state index in [9.17, 15) is 18.0 Å². The summed E-state index contributed by atoms with van der Waals surface area (Å²) in [7, 11) is 0. The van der Waals surface area contributed by atoms with Gasteiger partial charge in [0.15, 0.2) is 0 Å². The second kappa shape index (κ2) is 6.82. The van der Waals surface area contributed by atoms with Crippen molar-refractivity contribution >= 4 is 6.03 Å². The van der Waals surface area contributed by atoms with Crippen LogP contribution in [0.1, 0.15) is 19.8 Å². The van der Waals surface area contributed by atoms with Gasteiger partial charge in [0.2, 0.25) is 0 Å². The Balaban J connectivity index is 2.24. The highest BCUT2D eigenvalue weighted by Crippen LogP contribution is 2.17. The van der Waals surface area contributed by atoms with Gasteiger partial charge in [-0.1, -0.05) is 13.3 Å². The maximum atomic E-state index is 12.2. The summed E-state index contributed by atoms with van der Waals surface area (Å²) in [6.45, 7) is 3.03. The largest absolute Gasteiger partial charge is 0.401 e. The van der Waals surface area contributed by atoms with Gasteiger partial charge in [-0.15, -0.1) is 0 Å². The van der Waals surface area contributed by atoms with Crippen LogP contribution in [-0.2, 0) is 0 Å². The van der Waals surface area contributed by atoms with Gasteiger partial charge in [-0.3, -0.25) is 4.90 Å². The van der Waals surface area contributed by atoms with E-state index < -0.39 is 12.7 Å². The number of piperazine rings is 1. The predicted octanol–water partition coefficient (Wildman–Crippen LogP) is 1.68. The van der Waals surface area contributed by atoms with Crippen LogP contribution in [0, 0.1) is 0 Å². The lowest BCUT2D eigenvalue weighted by Gasteiger charge is -2.34. The summed E-state index contributed by atoms with van der Waals surface area (Å²) in [4.78, 5) is 14.5. The van der Waals surface area contributed by atoms with Crippen molar-refractivity contribution in [2.75, 3.05) is 39.3 Å². The zero-order valence-electron chi connectivity index (χ0n) is 10.6. The number of urea groups is 1. The van der Waals surface area contributed by atoms with Crippen LogP contribution >= 0.6 is 0 Å². The average Bonchev–Trinajstić information content (AvgIpc) is 2.28. The molecule has 0 saturated carbocycles. The van der Waals surface area contributed by atoms with Crippen molar-refractivity contribution in [2.24, 2.45) is 0 Å². The minimum atomic E-state index is -4.16. The molecule has 2 amide bonds. The number of hydrogen-bond donors (Lipinski definition) is 1. The van der Waals surface area contributed by atoms with Crippen LogP contribution in [0.25, 0.3) is 0 Å². The molecule has 0 aromatic carbocycles. The monoisotopic (exact) mass is 267 g/mol. The number of unbranched alkanes of at least 4 members (excludes halogenated alkanes) is 1. The maximum absolute atomic E-state index is 12.2. The summed E-state index contributed by atoms with van der Waals surface area (Å²) >= 11 is 0. The zero-order valence-corrected chi connectivity index (χ0v) is 10.6. The summed E-state index contributed by atoms with van der Waals surface area (Å²) < 4.78 is 36.5. The predicted molar refractivity (Wildman–Crippen MR) is 62.4 cm³/mol. The molecule has 1 aliphatic heterocycles. The Kier molecular flexibility index (Phi) is 5.71. The Labute approximate surface area is 105 Å². The molecule has 0 unspecified atom stereocenters. The first-order valence-corrected chi connectivity index (χ1v) is 6.24.